The highest BCUT2D eigenvalue weighted by Gasteiger charge is 2.12. The van der Waals surface area contributed by atoms with Crippen molar-refractivity contribution in [2.75, 3.05) is 6.61 Å². The van der Waals surface area contributed by atoms with Gasteiger partial charge in [0.2, 0.25) is 0 Å². The summed E-state index contributed by atoms with van der Waals surface area (Å²) in [6.07, 6.45) is 0.590. The van der Waals surface area contributed by atoms with Crippen molar-refractivity contribution in [3.63, 3.8) is 0 Å². The zero-order valence-electron chi connectivity index (χ0n) is 14.1. The van der Waals surface area contributed by atoms with E-state index in [1.165, 1.54) is 10.9 Å². The van der Waals surface area contributed by atoms with E-state index in [0.29, 0.717) is 15.9 Å². The fraction of sp³-hybridized carbons (Fsp3) is 0.263. The number of benzene rings is 2. The minimum Gasteiger partial charge on any atom is -0.490 e. The van der Waals surface area contributed by atoms with Gasteiger partial charge in [0, 0.05) is 5.02 Å². The highest BCUT2D eigenvalue weighted by molar-refractivity contribution is 6.31. The number of aromatic nitrogens is 2. The van der Waals surface area contributed by atoms with Crippen molar-refractivity contribution in [3.8, 4) is 5.75 Å². The van der Waals surface area contributed by atoms with Gasteiger partial charge in [-0.15, -0.1) is 0 Å². The number of para-hydroxylation sites is 1. The molecular weight excluding hydrogens is 340 g/mol. The third-order valence-electron chi connectivity index (χ3n) is 4.02. The molecule has 0 radical (unpaired) electrons. The summed E-state index contributed by atoms with van der Waals surface area (Å²) in [6, 6.07) is 10.8. The molecule has 6 heteroatoms. The van der Waals surface area contributed by atoms with Crippen LogP contribution in [0.15, 0.2) is 47.5 Å². The van der Waals surface area contributed by atoms with E-state index in [-0.39, 0.29) is 18.7 Å². The molecular formula is C19H19ClN2O3. The summed E-state index contributed by atoms with van der Waals surface area (Å²) in [5.41, 5.74) is 2.34. The van der Waals surface area contributed by atoms with E-state index in [1.54, 1.807) is 18.2 Å². The molecule has 1 aromatic heterocycles. The molecule has 1 N–H and O–H groups in total. The molecule has 0 spiro atoms. The van der Waals surface area contributed by atoms with E-state index in [0.717, 1.165) is 16.9 Å². The minimum absolute atomic E-state index is 0.0940. The van der Waals surface area contributed by atoms with E-state index >= 15 is 0 Å². The van der Waals surface area contributed by atoms with Gasteiger partial charge in [-0.3, -0.25) is 9.36 Å². The fourth-order valence-corrected chi connectivity index (χ4v) is 2.91. The van der Waals surface area contributed by atoms with E-state index in [1.807, 2.05) is 32.0 Å². The van der Waals surface area contributed by atoms with E-state index in [9.17, 15) is 9.90 Å². The van der Waals surface area contributed by atoms with Gasteiger partial charge in [0.15, 0.2) is 0 Å². The molecule has 0 aliphatic heterocycles. The summed E-state index contributed by atoms with van der Waals surface area (Å²) in [5.74, 6) is 0.764. The molecule has 0 aliphatic carbocycles. The third kappa shape index (κ3) is 3.83. The van der Waals surface area contributed by atoms with Crippen molar-refractivity contribution in [2.24, 2.45) is 0 Å². The maximum atomic E-state index is 12.5. The number of hydrogen-bond acceptors (Lipinski definition) is 4. The first-order valence-electron chi connectivity index (χ1n) is 7.97. The predicted octanol–water partition coefficient (Wildman–Crippen LogP) is 3.11. The average molecular weight is 359 g/mol. The molecule has 0 fully saturated rings. The maximum Gasteiger partial charge on any atom is 0.261 e. The lowest BCUT2D eigenvalue weighted by Gasteiger charge is -2.16. The van der Waals surface area contributed by atoms with Gasteiger partial charge >= 0.3 is 0 Å². The molecule has 2 aromatic carbocycles. The van der Waals surface area contributed by atoms with Crippen LogP contribution in [0, 0.1) is 13.8 Å². The molecule has 3 rings (SSSR count). The quantitative estimate of drug-likeness (QED) is 0.761. The Kier molecular flexibility index (Phi) is 5.06. The SMILES string of the molecule is Cc1cccc(C)c1OCC(O)Cn1cnc2cc(Cl)ccc2c1=O. The van der Waals surface area contributed by atoms with Gasteiger partial charge in [-0.25, -0.2) is 4.98 Å². The van der Waals surface area contributed by atoms with Crippen LogP contribution in [0.25, 0.3) is 10.9 Å². The van der Waals surface area contributed by atoms with Gasteiger partial charge in [0.1, 0.15) is 18.5 Å². The van der Waals surface area contributed by atoms with Crippen molar-refractivity contribution in [1.29, 1.82) is 0 Å². The van der Waals surface area contributed by atoms with Gasteiger partial charge in [-0.05, 0) is 43.2 Å². The first kappa shape index (κ1) is 17.5. The van der Waals surface area contributed by atoms with Crippen LogP contribution in [0.2, 0.25) is 5.02 Å². The number of rotatable bonds is 5. The van der Waals surface area contributed by atoms with Crippen LogP contribution in [-0.2, 0) is 6.54 Å². The minimum atomic E-state index is -0.830. The van der Waals surface area contributed by atoms with Crippen molar-refractivity contribution in [3.05, 3.63) is 69.2 Å². The molecule has 0 saturated carbocycles. The van der Waals surface area contributed by atoms with Crippen LogP contribution in [-0.4, -0.2) is 27.4 Å². The Morgan fingerprint density at radius 3 is 2.68 bits per heavy atom. The van der Waals surface area contributed by atoms with E-state index in [4.69, 9.17) is 16.3 Å². The normalized spacial score (nSPS) is 12.3. The zero-order chi connectivity index (χ0) is 18.0. The number of aliphatic hydroxyl groups is 1. The molecule has 1 atom stereocenters. The highest BCUT2D eigenvalue weighted by atomic mass is 35.5. The molecule has 0 amide bonds. The van der Waals surface area contributed by atoms with Crippen LogP contribution < -0.4 is 10.3 Å². The van der Waals surface area contributed by atoms with Crippen molar-refractivity contribution in [2.45, 2.75) is 26.5 Å². The van der Waals surface area contributed by atoms with Gasteiger partial charge in [-0.1, -0.05) is 29.8 Å². The molecule has 25 heavy (non-hydrogen) atoms. The largest absolute Gasteiger partial charge is 0.490 e. The van der Waals surface area contributed by atoms with Gasteiger partial charge < -0.3 is 9.84 Å². The second-order valence-corrected chi connectivity index (χ2v) is 6.49. The number of fused-ring (bicyclic) bond motifs is 1. The summed E-state index contributed by atoms with van der Waals surface area (Å²) in [4.78, 5) is 16.7. The average Bonchev–Trinajstić information content (AvgIpc) is 2.57. The smallest absolute Gasteiger partial charge is 0.261 e. The summed E-state index contributed by atoms with van der Waals surface area (Å²) in [5, 5.41) is 11.2. The summed E-state index contributed by atoms with van der Waals surface area (Å²) in [6.45, 7) is 4.11. The maximum absolute atomic E-state index is 12.5. The van der Waals surface area contributed by atoms with Crippen molar-refractivity contribution >= 4 is 22.5 Å². The molecule has 1 heterocycles. The number of halogens is 1. The number of aliphatic hydroxyl groups excluding tert-OH is 1. The Morgan fingerprint density at radius 1 is 1.24 bits per heavy atom. The van der Waals surface area contributed by atoms with Gasteiger partial charge in [0.05, 0.1) is 23.8 Å². The molecule has 5 nitrogen and oxygen atoms in total. The molecule has 3 aromatic rings. The second-order valence-electron chi connectivity index (χ2n) is 6.05. The summed E-state index contributed by atoms with van der Waals surface area (Å²) < 4.78 is 7.13. The number of hydrogen-bond donors (Lipinski definition) is 1. The zero-order valence-corrected chi connectivity index (χ0v) is 14.8. The molecule has 0 saturated heterocycles. The lowest BCUT2D eigenvalue weighted by molar-refractivity contribution is 0.0908. The molecule has 0 bridgehead atoms. The Morgan fingerprint density at radius 2 is 1.96 bits per heavy atom. The molecule has 1 unspecified atom stereocenters. The highest BCUT2D eigenvalue weighted by Crippen LogP contribution is 2.22. The van der Waals surface area contributed by atoms with Crippen LogP contribution in [0.5, 0.6) is 5.75 Å². The Hall–Kier alpha value is -2.37. The standard InChI is InChI=1S/C19H19ClN2O3/c1-12-4-3-5-13(2)18(12)25-10-15(23)9-22-11-21-17-8-14(20)6-7-16(17)19(22)24/h3-8,11,15,23H,9-10H2,1-2H3. The fourth-order valence-electron chi connectivity index (χ4n) is 2.75. The van der Waals surface area contributed by atoms with Crippen LogP contribution in [0.1, 0.15) is 11.1 Å². The lowest BCUT2D eigenvalue weighted by atomic mass is 10.1. The molecule has 0 aliphatic rings. The topological polar surface area (TPSA) is 64.3 Å². The third-order valence-corrected chi connectivity index (χ3v) is 4.26. The second kappa shape index (κ2) is 7.25. The first-order chi connectivity index (χ1) is 12.0. The Labute approximate surface area is 150 Å². The lowest BCUT2D eigenvalue weighted by Crippen LogP contribution is -2.30. The van der Waals surface area contributed by atoms with Gasteiger partial charge in [0.25, 0.3) is 5.56 Å². The summed E-state index contributed by atoms with van der Waals surface area (Å²) in [7, 11) is 0. The van der Waals surface area contributed by atoms with E-state index in [2.05, 4.69) is 4.98 Å². The first-order valence-corrected chi connectivity index (χ1v) is 8.35. The predicted molar refractivity (Wildman–Crippen MR) is 98.4 cm³/mol. The molecule has 130 valence electrons. The Bertz CT molecular complexity index is 948. The van der Waals surface area contributed by atoms with Crippen LogP contribution >= 0.6 is 11.6 Å². The monoisotopic (exact) mass is 358 g/mol. The number of aryl methyl sites for hydroxylation is 2. The Balaban J connectivity index is 1.74. The van der Waals surface area contributed by atoms with Crippen molar-refractivity contribution < 1.29 is 9.84 Å². The summed E-state index contributed by atoms with van der Waals surface area (Å²) >= 11 is 5.91. The van der Waals surface area contributed by atoms with Crippen LogP contribution in [0.3, 0.4) is 0 Å². The van der Waals surface area contributed by atoms with Crippen molar-refractivity contribution in [1.82, 2.24) is 9.55 Å². The number of nitrogens with zero attached hydrogens (tertiary/aromatic N) is 2. The van der Waals surface area contributed by atoms with Crippen LogP contribution in [0.4, 0.5) is 0 Å². The van der Waals surface area contributed by atoms with Gasteiger partial charge in [-0.2, -0.15) is 0 Å². The van der Waals surface area contributed by atoms with E-state index < -0.39 is 6.10 Å². The number of ether oxygens (including phenoxy) is 1.